The number of rotatable bonds is 9. The highest BCUT2D eigenvalue weighted by molar-refractivity contribution is 5.96. The summed E-state index contributed by atoms with van der Waals surface area (Å²) >= 11 is 0. The van der Waals surface area contributed by atoms with Gasteiger partial charge in [0.05, 0.1) is 7.11 Å². The van der Waals surface area contributed by atoms with Gasteiger partial charge in [-0.15, -0.1) is 0 Å². The largest absolute Gasteiger partial charge is 0.467 e. The van der Waals surface area contributed by atoms with Gasteiger partial charge in [-0.25, -0.2) is 4.79 Å². The van der Waals surface area contributed by atoms with Gasteiger partial charge < -0.3 is 20.1 Å². The van der Waals surface area contributed by atoms with E-state index in [1.807, 2.05) is 26.8 Å². The Labute approximate surface area is 165 Å². The molecule has 0 aromatic heterocycles. The monoisotopic (exact) mass is 392 g/mol. The summed E-state index contributed by atoms with van der Waals surface area (Å²) in [5.74, 6) is -2.49. The van der Waals surface area contributed by atoms with Crippen molar-refractivity contribution in [3.8, 4) is 0 Å². The first kappa shape index (κ1) is 23.1. The van der Waals surface area contributed by atoms with E-state index in [1.54, 1.807) is 19.1 Å². The maximum absolute atomic E-state index is 12.1. The number of aryl methyl sites for hydroxylation is 2. The average molecular weight is 392 g/mol. The van der Waals surface area contributed by atoms with Gasteiger partial charge in [0, 0.05) is 5.56 Å². The predicted octanol–water partition coefficient (Wildman–Crippen LogP) is 1.28. The van der Waals surface area contributed by atoms with Crippen LogP contribution >= 0.6 is 0 Å². The van der Waals surface area contributed by atoms with Gasteiger partial charge in [-0.05, 0) is 43.0 Å². The molecule has 0 aliphatic heterocycles. The normalized spacial score (nSPS) is 12.5. The lowest BCUT2D eigenvalue weighted by molar-refractivity contribution is -0.150. The van der Waals surface area contributed by atoms with Gasteiger partial charge in [0.2, 0.25) is 0 Å². The molecule has 0 aliphatic rings. The van der Waals surface area contributed by atoms with E-state index < -0.39 is 36.4 Å². The fourth-order valence-electron chi connectivity index (χ4n) is 2.35. The lowest BCUT2D eigenvalue weighted by atomic mass is 9.99. The molecule has 2 amide bonds. The zero-order valence-corrected chi connectivity index (χ0v) is 17.0. The van der Waals surface area contributed by atoms with Crippen LogP contribution in [0.25, 0.3) is 0 Å². The summed E-state index contributed by atoms with van der Waals surface area (Å²) in [4.78, 5) is 47.5. The minimum absolute atomic E-state index is 0.135. The van der Waals surface area contributed by atoms with Crippen LogP contribution in [0.3, 0.4) is 0 Å². The summed E-state index contributed by atoms with van der Waals surface area (Å²) < 4.78 is 9.52. The third-order valence-electron chi connectivity index (χ3n) is 4.51. The second-order valence-electron chi connectivity index (χ2n) is 6.60. The zero-order valence-electron chi connectivity index (χ0n) is 17.0. The summed E-state index contributed by atoms with van der Waals surface area (Å²) in [7, 11) is 1.24. The Kier molecular flexibility index (Phi) is 9.14. The molecule has 8 nitrogen and oxygen atoms in total. The van der Waals surface area contributed by atoms with Crippen molar-refractivity contribution in [3.63, 3.8) is 0 Å². The Morgan fingerprint density at radius 2 is 1.79 bits per heavy atom. The number of esters is 2. The van der Waals surface area contributed by atoms with Gasteiger partial charge in [-0.3, -0.25) is 14.4 Å². The molecule has 2 N–H and O–H groups in total. The molecule has 0 bridgehead atoms. The van der Waals surface area contributed by atoms with Crippen molar-refractivity contribution in [2.24, 2.45) is 5.92 Å². The maximum Gasteiger partial charge on any atom is 0.328 e. The average Bonchev–Trinajstić information content (AvgIpc) is 2.69. The van der Waals surface area contributed by atoms with E-state index in [-0.39, 0.29) is 12.5 Å². The van der Waals surface area contributed by atoms with Crippen molar-refractivity contribution in [3.05, 3.63) is 34.9 Å². The highest BCUT2D eigenvalue weighted by atomic mass is 16.5. The van der Waals surface area contributed by atoms with Crippen molar-refractivity contribution in [1.29, 1.82) is 0 Å². The molecular weight excluding hydrogens is 364 g/mol. The minimum Gasteiger partial charge on any atom is -0.467 e. The topological polar surface area (TPSA) is 111 Å². The van der Waals surface area contributed by atoms with Crippen LogP contribution in [0.2, 0.25) is 0 Å². The van der Waals surface area contributed by atoms with Crippen LogP contribution < -0.4 is 10.6 Å². The molecule has 0 spiro atoms. The third-order valence-corrected chi connectivity index (χ3v) is 4.51. The molecule has 1 aromatic rings. The second kappa shape index (κ2) is 11.1. The molecule has 1 rings (SSSR count). The lowest BCUT2D eigenvalue weighted by Gasteiger charge is -2.21. The fraction of sp³-hybridized carbons (Fsp3) is 0.500. The highest BCUT2D eigenvalue weighted by Crippen LogP contribution is 2.10. The van der Waals surface area contributed by atoms with Gasteiger partial charge in [0.1, 0.15) is 12.6 Å². The van der Waals surface area contributed by atoms with Crippen LogP contribution in [0.1, 0.15) is 41.8 Å². The number of methoxy groups -OCH3 is 1. The molecule has 0 saturated heterocycles. The Morgan fingerprint density at radius 1 is 1.11 bits per heavy atom. The van der Waals surface area contributed by atoms with Gasteiger partial charge in [-0.1, -0.05) is 26.3 Å². The van der Waals surface area contributed by atoms with Crippen LogP contribution in [0.15, 0.2) is 18.2 Å². The van der Waals surface area contributed by atoms with Gasteiger partial charge in [-0.2, -0.15) is 0 Å². The lowest BCUT2D eigenvalue weighted by Crippen LogP contribution is -2.47. The molecule has 2 atom stereocenters. The van der Waals surface area contributed by atoms with Crippen LogP contribution in [0.4, 0.5) is 0 Å². The fourth-order valence-corrected chi connectivity index (χ4v) is 2.35. The smallest absolute Gasteiger partial charge is 0.328 e. The minimum atomic E-state index is -0.814. The van der Waals surface area contributed by atoms with Crippen molar-refractivity contribution in [2.75, 3.05) is 20.3 Å². The van der Waals surface area contributed by atoms with E-state index in [9.17, 15) is 19.2 Å². The first-order valence-corrected chi connectivity index (χ1v) is 9.07. The van der Waals surface area contributed by atoms with Gasteiger partial charge in [0.15, 0.2) is 6.61 Å². The van der Waals surface area contributed by atoms with Crippen molar-refractivity contribution >= 4 is 23.8 Å². The van der Waals surface area contributed by atoms with Gasteiger partial charge >= 0.3 is 11.9 Å². The third kappa shape index (κ3) is 7.02. The summed E-state index contributed by atoms with van der Waals surface area (Å²) in [5, 5.41) is 4.94. The second-order valence-corrected chi connectivity index (χ2v) is 6.60. The summed E-state index contributed by atoms with van der Waals surface area (Å²) in [6, 6.07) is 4.40. The quantitative estimate of drug-likeness (QED) is 0.613. The first-order valence-electron chi connectivity index (χ1n) is 9.07. The molecule has 0 unspecified atom stereocenters. The molecule has 0 aliphatic carbocycles. The molecule has 0 fully saturated rings. The number of carbonyl (C=O) groups excluding carboxylic acids is 4. The molecule has 0 saturated carbocycles. The van der Waals surface area contributed by atoms with Crippen molar-refractivity contribution in [2.45, 2.75) is 40.2 Å². The SMILES string of the molecule is CC[C@H](C)[C@H](NC(=O)COC(=O)CNC(=O)c1ccc(C)c(C)c1)C(=O)OC. The number of amides is 2. The van der Waals surface area contributed by atoms with E-state index in [0.717, 1.165) is 11.1 Å². The van der Waals surface area contributed by atoms with Crippen molar-refractivity contribution < 1.29 is 28.7 Å². The Bertz CT molecular complexity index is 731. The molecule has 0 radical (unpaired) electrons. The molecule has 8 heteroatoms. The van der Waals surface area contributed by atoms with E-state index in [1.165, 1.54) is 7.11 Å². The first-order chi connectivity index (χ1) is 13.2. The van der Waals surface area contributed by atoms with E-state index in [0.29, 0.717) is 12.0 Å². The zero-order chi connectivity index (χ0) is 21.3. The van der Waals surface area contributed by atoms with E-state index >= 15 is 0 Å². The summed E-state index contributed by atoms with van der Waals surface area (Å²) in [5.41, 5.74) is 2.46. The van der Waals surface area contributed by atoms with Gasteiger partial charge in [0.25, 0.3) is 11.8 Å². The van der Waals surface area contributed by atoms with E-state index in [4.69, 9.17) is 4.74 Å². The molecule has 154 valence electrons. The number of hydrogen-bond donors (Lipinski definition) is 2. The standard InChI is InChI=1S/C20H28N2O6/c1-6-12(2)18(20(26)27-5)22-16(23)11-28-17(24)10-21-19(25)15-8-7-13(3)14(4)9-15/h7-9,12,18H,6,10-11H2,1-5H3,(H,21,25)(H,22,23)/t12-,18-/m0/s1. The van der Waals surface area contributed by atoms with Crippen LogP contribution in [-0.2, 0) is 23.9 Å². The summed E-state index contributed by atoms with van der Waals surface area (Å²) in [6.45, 7) is 6.58. The Hall–Kier alpha value is -2.90. The number of nitrogens with one attached hydrogen (secondary N) is 2. The van der Waals surface area contributed by atoms with Crippen LogP contribution in [0, 0.1) is 19.8 Å². The Morgan fingerprint density at radius 3 is 2.36 bits per heavy atom. The van der Waals surface area contributed by atoms with E-state index in [2.05, 4.69) is 15.4 Å². The highest BCUT2D eigenvalue weighted by Gasteiger charge is 2.26. The molecule has 28 heavy (non-hydrogen) atoms. The maximum atomic E-state index is 12.1. The van der Waals surface area contributed by atoms with Crippen LogP contribution in [-0.4, -0.2) is 50.1 Å². The number of carbonyl (C=O) groups is 4. The summed E-state index contributed by atoms with van der Waals surface area (Å²) in [6.07, 6.45) is 0.657. The molecular formula is C20H28N2O6. The number of ether oxygens (including phenoxy) is 2. The van der Waals surface area contributed by atoms with Crippen LogP contribution in [0.5, 0.6) is 0 Å². The number of hydrogen-bond acceptors (Lipinski definition) is 6. The molecule has 0 heterocycles. The Balaban J connectivity index is 2.46. The van der Waals surface area contributed by atoms with Crippen molar-refractivity contribution in [1.82, 2.24) is 10.6 Å². The predicted molar refractivity (Wildman–Crippen MR) is 103 cm³/mol. The number of benzene rings is 1. The molecule has 1 aromatic carbocycles.